The monoisotopic (exact) mass is 320 g/mol. The zero-order valence-electron chi connectivity index (χ0n) is 12.4. The smallest absolute Gasteiger partial charge is 0.241 e. The molecular formula is C15H20N4O2S. The van der Waals surface area contributed by atoms with Crippen LogP contribution in [0.25, 0.3) is 0 Å². The van der Waals surface area contributed by atoms with Crippen molar-refractivity contribution < 1.29 is 9.53 Å². The van der Waals surface area contributed by atoms with Crippen LogP contribution in [0.5, 0.6) is 0 Å². The molecule has 1 N–H and O–H groups in total. The largest absolute Gasteiger partial charge is 0.379 e. The van der Waals surface area contributed by atoms with Crippen molar-refractivity contribution in [3.05, 3.63) is 40.8 Å². The molecule has 22 heavy (non-hydrogen) atoms. The van der Waals surface area contributed by atoms with Crippen molar-refractivity contribution in [2.75, 3.05) is 32.8 Å². The highest BCUT2D eigenvalue weighted by Crippen LogP contribution is 2.25. The minimum atomic E-state index is -0.0153. The van der Waals surface area contributed by atoms with Gasteiger partial charge in [0, 0.05) is 36.9 Å². The summed E-state index contributed by atoms with van der Waals surface area (Å²) in [5.41, 5.74) is 0. The van der Waals surface area contributed by atoms with Crippen molar-refractivity contribution in [1.29, 1.82) is 0 Å². The molecule has 1 fully saturated rings. The first-order valence-electron chi connectivity index (χ1n) is 7.42. The van der Waals surface area contributed by atoms with E-state index < -0.39 is 0 Å². The van der Waals surface area contributed by atoms with Crippen LogP contribution in [0.2, 0.25) is 0 Å². The van der Waals surface area contributed by atoms with E-state index in [4.69, 9.17) is 4.74 Å². The topological polar surface area (TPSA) is 59.4 Å². The number of carbonyl (C=O) groups excluding carboxylic acids is 1. The van der Waals surface area contributed by atoms with Crippen LogP contribution in [0.1, 0.15) is 10.9 Å². The molecule has 1 amide bonds. The fourth-order valence-electron chi connectivity index (χ4n) is 2.59. The Bertz CT molecular complexity index is 564. The molecule has 1 aliphatic heterocycles. The van der Waals surface area contributed by atoms with Gasteiger partial charge in [0.2, 0.25) is 5.91 Å². The highest BCUT2D eigenvalue weighted by atomic mass is 32.1. The molecule has 0 radical (unpaired) electrons. The van der Waals surface area contributed by atoms with Gasteiger partial charge >= 0.3 is 0 Å². The van der Waals surface area contributed by atoms with Crippen LogP contribution in [0.4, 0.5) is 0 Å². The Labute approximate surface area is 133 Å². The van der Waals surface area contributed by atoms with Crippen molar-refractivity contribution in [1.82, 2.24) is 20.0 Å². The van der Waals surface area contributed by atoms with E-state index in [9.17, 15) is 4.79 Å². The first-order valence-corrected chi connectivity index (χ1v) is 8.30. The molecule has 7 heteroatoms. The minimum Gasteiger partial charge on any atom is -0.379 e. The van der Waals surface area contributed by atoms with Gasteiger partial charge in [-0.25, -0.2) is 0 Å². The van der Waals surface area contributed by atoms with Crippen LogP contribution in [-0.4, -0.2) is 53.4 Å². The Morgan fingerprint density at radius 1 is 1.41 bits per heavy atom. The molecule has 0 unspecified atom stereocenters. The predicted octanol–water partition coefficient (Wildman–Crippen LogP) is 1.13. The SMILES string of the molecule is O=C(Cn1cccn1)NC[C@H](c1cccs1)N1CCOCC1. The van der Waals surface area contributed by atoms with Crippen LogP contribution in [0.3, 0.4) is 0 Å². The van der Waals surface area contributed by atoms with E-state index in [1.54, 1.807) is 28.4 Å². The summed E-state index contributed by atoms with van der Waals surface area (Å²) >= 11 is 1.73. The predicted molar refractivity (Wildman–Crippen MR) is 84.7 cm³/mol. The number of amides is 1. The number of morpholine rings is 1. The molecule has 6 nitrogen and oxygen atoms in total. The van der Waals surface area contributed by atoms with E-state index in [0.29, 0.717) is 6.54 Å². The third-order valence-electron chi connectivity index (χ3n) is 3.72. The Balaban J connectivity index is 1.59. The lowest BCUT2D eigenvalue weighted by Crippen LogP contribution is -2.44. The third-order valence-corrected chi connectivity index (χ3v) is 4.69. The van der Waals surface area contributed by atoms with Gasteiger partial charge in [0.1, 0.15) is 6.54 Å². The molecule has 1 aliphatic rings. The van der Waals surface area contributed by atoms with Crippen molar-refractivity contribution in [3.8, 4) is 0 Å². The minimum absolute atomic E-state index is 0.0153. The average Bonchev–Trinajstić information content (AvgIpc) is 3.22. The Hall–Kier alpha value is -1.70. The molecule has 3 heterocycles. The second-order valence-electron chi connectivity index (χ2n) is 5.19. The van der Waals surface area contributed by atoms with Gasteiger partial charge in [-0.15, -0.1) is 11.3 Å². The second-order valence-corrected chi connectivity index (χ2v) is 6.17. The maximum atomic E-state index is 12.1. The second kappa shape index (κ2) is 7.53. The fourth-order valence-corrected chi connectivity index (χ4v) is 3.45. The maximum Gasteiger partial charge on any atom is 0.241 e. The summed E-state index contributed by atoms with van der Waals surface area (Å²) < 4.78 is 7.05. The van der Waals surface area contributed by atoms with E-state index in [1.807, 2.05) is 6.07 Å². The van der Waals surface area contributed by atoms with E-state index in [-0.39, 0.29) is 18.5 Å². The number of rotatable bonds is 6. The van der Waals surface area contributed by atoms with Crippen molar-refractivity contribution >= 4 is 17.2 Å². The Kier molecular flexibility index (Phi) is 5.20. The van der Waals surface area contributed by atoms with Crippen molar-refractivity contribution in [3.63, 3.8) is 0 Å². The number of thiophene rings is 1. The van der Waals surface area contributed by atoms with Gasteiger partial charge in [-0.1, -0.05) is 6.07 Å². The normalized spacial score (nSPS) is 17.3. The highest BCUT2D eigenvalue weighted by molar-refractivity contribution is 7.10. The quantitative estimate of drug-likeness (QED) is 0.867. The van der Waals surface area contributed by atoms with Gasteiger partial charge in [-0.3, -0.25) is 14.4 Å². The van der Waals surface area contributed by atoms with E-state index in [1.165, 1.54) is 4.88 Å². The lowest BCUT2D eigenvalue weighted by Gasteiger charge is -2.34. The van der Waals surface area contributed by atoms with Crippen LogP contribution in [-0.2, 0) is 16.1 Å². The number of aromatic nitrogens is 2. The molecule has 1 atom stereocenters. The maximum absolute atomic E-state index is 12.1. The number of nitrogens with one attached hydrogen (secondary N) is 1. The molecule has 0 saturated carbocycles. The molecule has 1 saturated heterocycles. The lowest BCUT2D eigenvalue weighted by molar-refractivity contribution is -0.122. The highest BCUT2D eigenvalue weighted by Gasteiger charge is 2.23. The zero-order chi connectivity index (χ0) is 15.2. The fraction of sp³-hybridized carbons (Fsp3) is 0.467. The van der Waals surface area contributed by atoms with Gasteiger partial charge in [-0.05, 0) is 17.5 Å². The van der Waals surface area contributed by atoms with E-state index >= 15 is 0 Å². The number of carbonyl (C=O) groups is 1. The molecule has 0 bridgehead atoms. The van der Waals surface area contributed by atoms with Gasteiger partial charge in [0.25, 0.3) is 0 Å². The number of nitrogens with zero attached hydrogens (tertiary/aromatic N) is 3. The van der Waals surface area contributed by atoms with Crippen LogP contribution in [0.15, 0.2) is 36.0 Å². The van der Waals surface area contributed by atoms with Gasteiger partial charge in [-0.2, -0.15) is 5.10 Å². The van der Waals surface area contributed by atoms with E-state index in [2.05, 4.69) is 32.8 Å². The summed E-state index contributed by atoms with van der Waals surface area (Å²) in [5.74, 6) is -0.0153. The van der Waals surface area contributed by atoms with Crippen molar-refractivity contribution in [2.24, 2.45) is 0 Å². The molecule has 3 rings (SSSR count). The summed E-state index contributed by atoms with van der Waals surface area (Å²) in [6.45, 7) is 4.18. The Morgan fingerprint density at radius 2 is 2.27 bits per heavy atom. The molecule has 0 aromatic carbocycles. The van der Waals surface area contributed by atoms with Gasteiger partial charge in [0.05, 0.1) is 19.3 Å². The van der Waals surface area contributed by atoms with Crippen LogP contribution in [0, 0.1) is 0 Å². The molecule has 0 aliphatic carbocycles. The average molecular weight is 320 g/mol. The van der Waals surface area contributed by atoms with Gasteiger partial charge < -0.3 is 10.1 Å². The standard InChI is InChI=1S/C15H20N4O2S/c20-15(12-19-5-2-4-17-19)16-11-13(14-3-1-10-22-14)18-6-8-21-9-7-18/h1-5,10,13H,6-9,11-12H2,(H,16,20)/t13-/m1/s1. The molecular weight excluding hydrogens is 300 g/mol. The first-order chi connectivity index (χ1) is 10.8. The third kappa shape index (κ3) is 3.94. The van der Waals surface area contributed by atoms with Gasteiger partial charge in [0.15, 0.2) is 0 Å². The zero-order valence-corrected chi connectivity index (χ0v) is 13.2. The lowest BCUT2D eigenvalue weighted by atomic mass is 10.2. The van der Waals surface area contributed by atoms with E-state index in [0.717, 1.165) is 26.3 Å². The number of hydrogen-bond donors (Lipinski definition) is 1. The molecule has 2 aromatic rings. The summed E-state index contributed by atoms with van der Waals surface area (Å²) in [6.07, 6.45) is 3.47. The first kappa shape index (κ1) is 15.2. The van der Waals surface area contributed by atoms with Crippen LogP contribution >= 0.6 is 11.3 Å². The van der Waals surface area contributed by atoms with Crippen LogP contribution < -0.4 is 5.32 Å². The molecule has 118 valence electrons. The molecule has 2 aromatic heterocycles. The van der Waals surface area contributed by atoms with Crippen molar-refractivity contribution in [2.45, 2.75) is 12.6 Å². The Morgan fingerprint density at radius 3 is 2.95 bits per heavy atom. The summed E-state index contributed by atoms with van der Waals surface area (Å²) in [4.78, 5) is 15.7. The summed E-state index contributed by atoms with van der Waals surface area (Å²) in [6, 6.07) is 6.21. The number of ether oxygens (including phenoxy) is 1. The number of hydrogen-bond acceptors (Lipinski definition) is 5. The summed E-state index contributed by atoms with van der Waals surface area (Å²) in [5, 5.41) is 9.16. The molecule has 0 spiro atoms. The summed E-state index contributed by atoms with van der Waals surface area (Å²) in [7, 11) is 0.